The lowest BCUT2D eigenvalue weighted by Gasteiger charge is -2.28. The second kappa shape index (κ2) is 4.81. The van der Waals surface area contributed by atoms with Gasteiger partial charge in [-0.2, -0.15) is 4.37 Å². The van der Waals surface area contributed by atoms with Crippen LogP contribution in [0.5, 0.6) is 0 Å². The minimum absolute atomic E-state index is 0.189. The van der Waals surface area contributed by atoms with E-state index in [1.165, 1.54) is 37.2 Å². The number of aliphatic hydroxyl groups excluding tert-OH is 1. The van der Waals surface area contributed by atoms with E-state index in [0.717, 1.165) is 5.00 Å². The molecule has 1 saturated carbocycles. The molecule has 0 aliphatic heterocycles. The van der Waals surface area contributed by atoms with Gasteiger partial charge in [0.15, 0.2) is 0 Å². The number of hydrogen-bond donors (Lipinski definition) is 2. The molecule has 1 aliphatic rings. The fourth-order valence-electron chi connectivity index (χ4n) is 2.21. The summed E-state index contributed by atoms with van der Waals surface area (Å²) < 4.78 is 4.09. The summed E-state index contributed by atoms with van der Waals surface area (Å²) in [6.07, 6.45) is 5.03. The summed E-state index contributed by atoms with van der Waals surface area (Å²) in [5, 5.41) is 10.2. The lowest BCUT2D eigenvalue weighted by atomic mass is 10.2. The van der Waals surface area contributed by atoms with Crippen molar-refractivity contribution < 1.29 is 5.11 Å². The molecule has 0 unspecified atom stereocenters. The number of anilines is 2. The highest BCUT2D eigenvalue weighted by atomic mass is 32.1. The minimum atomic E-state index is 0.189. The number of rotatable bonds is 4. The van der Waals surface area contributed by atoms with Crippen molar-refractivity contribution in [3.05, 3.63) is 6.07 Å². The van der Waals surface area contributed by atoms with Gasteiger partial charge in [-0.05, 0) is 24.4 Å². The highest BCUT2D eigenvalue weighted by molar-refractivity contribution is 7.10. The molecule has 1 heterocycles. The Morgan fingerprint density at radius 1 is 1.53 bits per heavy atom. The van der Waals surface area contributed by atoms with Crippen LogP contribution in [-0.2, 0) is 0 Å². The van der Waals surface area contributed by atoms with Gasteiger partial charge in [-0.1, -0.05) is 12.8 Å². The first-order valence-corrected chi connectivity index (χ1v) is 6.18. The summed E-state index contributed by atoms with van der Waals surface area (Å²) in [6.45, 7) is 0.876. The van der Waals surface area contributed by atoms with Crippen LogP contribution in [0.25, 0.3) is 0 Å². The predicted molar refractivity (Wildman–Crippen MR) is 63.2 cm³/mol. The van der Waals surface area contributed by atoms with Crippen LogP contribution in [0, 0.1) is 0 Å². The van der Waals surface area contributed by atoms with E-state index in [9.17, 15) is 0 Å². The molecule has 5 heteroatoms. The molecule has 0 amide bonds. The van der Waals surface area contributed by atoms with Gasteiger partial charge < -0.3 is 15.7 Å². The molecule has 1 aliphatic carbocycles. The molecular weight excluding hydrogens is 210 g/mol. The smallest absolute Gasteiger partial charge is 0.139 e. The summed E-state index contributed by atoms with van der Waals surface area (Å²) in [5.41, 5.74) is 5.62. The van der Waals surface area contributed by atoms with Gasteiger partial charge in [0.05, 0.1) is 6.61 Å². The fraction of sp³-hybridized carbons (Fsp3) is 0.700. The fourth-order valence-corrected chi connectivity index (χ4v) is 2.98. The normalized spacial score (nSPS) is 17.1. The second-order valence-corrected chi connectivity index (χ2v) is 4.73. The summed E-state index contributed by atoms with van der Waals surface area (Å²) in [4.78, 5) is 2.25. The standard InChI is InChI=1S/C10H17N3OS/c11-9-7-10(15-12-9)13(5-6-14)8-3-1-2-4-8/h7-8,14H,1-6H2,(H2,11,12). The van der Waals surface area contributed by atoms with E-state index in [4.69, 9.17) is 10.8 Å². The van der Waals surface area contributed by atoms with Crippen molar-refractivity contribution in [1.82, 2.24) is 4.37 Å². The van der Waals surface area contributed by atoms with E-state index in [1.807, 2.05) is 6.07 Å². The average Bonchev–Trinajstić information content (AvgIpc) is 2.85. The molecule has 15 heavy (non-hydrogen) atoms. The number of nitrogen functional groups attached to an aromatic ring is 1. The zero-order valence-electron chi connectivity index (χ0n) is 8.72. The molecule has 3 N–H and O–H groups in total. The maximum absolute atomic E-state index is 9.08. The van der Waals surface area contributed by atoms with Crippen LogP contribution in [0.1, 0.15) is 25.7 Å². The molecular formula is C10H17N3OS. The third kappa shape index (κ3) is 2.41. The SMILES string of the molecule is Nc1cc(N(CCO)C2CCCC2)sn1. The van der Waals surface area contributed by atoms with Gasteiger partial charge in [-0.3, -0.25) is 0 Å². The Hall–Kier alpha value is -0.810. The van der Waals surface area contributed by atoms with Crippen LogP contribution >= 0.6 is 11.5 Å². The van der Waals surface area contributed by atoms with Crippen molar-refractivity contribution in [3.8, 4) is 0 Å². The molecule has 84 valence electrons. The Morgan fingerprint density at radius 3 is 2.80 bits per heavy atom. The molecule has 0 atom stereocenters. The van der Waals surface area contributed by atoms with Gasteiger partial charge in [0, 0.05) is 18.7 Å². The van der Waals surface area contributed by atoms with Crippen molar-refractivity contribution in [3.63, 3.8) is 0 Å². The average molecular weight is 227 g/mol. The molecule has 0 bridgehead atoms. The Balaban J connectivity index is 2.11. The summed E-state index contributed by atoms with van der Waals surface area (Å²) in [5.74, 6) is 0.580. The highest BCUT2D eigenvalue weighted by Crippen LogP contribution is 2.31. The predicted octanol–water partition coefficient (Wildman–Crippen LogP) is 1.47. The van der Waals surface area contributed by atoms with Gasteiger partial charge in [0.25, 0.3) is 0 Å². The highest BCUT2D eigenvalue weighted by Gasteiger charge is 2.23. The molecule has 0 saturated heterocycles. The Morgan fingerprint density at radius 2 is 2.27 bits per heavy atom. The molecule has 0 spiro atoms. The summed E-state index contributed by atoms with van der Waals surface area (Å²) in [6, 6.07) is 2.47. The van der Waals surface area contributed by atoms with Crippen LogP contribution in [0.4, 0.5) is 10.8 Å². The van der Waals surface area contributed by atoms with E-state index < -0.39 is 0 Å². The first-order valence-electron chi connectivity index (χ1n) is 5.41. The van der Waals surface area contributed by atoms with Crippen molar-refractivity contribution in [1.29, 1.82) is 0 Å². The maximum Gasteiger partial charge on any atom is 0.139 e. The van der Waals surface area contributed by atoms with Gasteiger partial charge in [0.1, 0.15) is 10.8 Å². The van der Waals surface area contributed by atoms with Crippen LogP contribution in [0.15, 0.2) is 6.07 Å². The van der Waals surface area contributed by atoms with E-state index in [2.05, 4.69) is 9.27 Å². The van der Waals surface area contributed by atoms with Crippen LogP contribution in [0.2, 0.25) is 0 Å². The van der Waals surface area contributed by atoms with Crippen molar-refractivity contribution >= 4 is 22.4 Å². The second-order valence-electron chi connectivity index (χ2n) is 3.95. The quantitative estimate of drug-likeness (QED) is 0.817. The maximum atomic E-state index is 9.08. The van der Waals surface area contributed by atoms with Crippen molar-refractivity contribution in [2.24, 2.45) is 0 Å². The summed E-state index contributed by atoms with van der Waals surface area (Å²) >= 11 is 1.42. The number of nitrogens with two attached hydrogens (primary N) is 1. The van der Waals surface area contributed by atoms with Gasteiger partial charge in [-0.25, -0.2) is 0 Å². The lowest BCUT2D eigenvalue weighted by Crippen LogP contribution is -2.35. The van der Waals surface area contributed by atoms with Gasteiger partial charge >= 0.3 is 0 Å². The van der Waals surface area contributed by atoms with E-state index in [-0.39, 0.29) is 6.61 Å². The lowest BCUT2D eigenvalue weighted by molar-refractivity contribution is 0.297. The van der Waals surface area contributed by atoms with Crippen molar-refractivity contribution in [2.45, 2.75) is 31.7 Å². The number of hydrogen-bond acceptors (Lipinski definition) is 5. The summed E-state index contributed by atoms with van der Waals surface area (Å²) in [7, 11) is 0. The van der Waals surface area contributed by atoms with Crippen LogP contribution in [0.3, 0.4) is 0 Å². The monoisotopic (exact) mass is 227 g/mol. The topological polar surface area (TPSA) is 62.4 Å². The zero-order chi connectivity index (χ0) is 10.7. The van der Waals surface area contributed by atoms with E-state index >= 15 is 0 Å². The Kier molecular flexibility index (Phi) is 3.43. The molecule has 2 rings (SSSR count). The van der Waals surface area contributed by atoms with Crippen LogP contribution < -0.4 is 10.6 Å². The molecule has 1 aromatic rings. The number of aliphatic hydroxyl groups is 1. The first kappa shape index (κ1) is 10.7. The molecule has 4 nitrogen and oxygen atoms in total. The van der Waals surface area contributed by atoms with Gasteiger partial charge in [0.2, 0.25) is 0 Å². The van der Waals surface area contributed by atoms with E-state index in [1.54, 1.807) is 0 Å². The third-order valence-electron chi connectivity index (χ3n) is 2.91. The third-order valence-corrected chi connectivity index (χ3v) is 3.75. The molecule has 1 fully saturated rings. The molecule has 0 aromatic carbocycles. The Labute approximate surface area is 93.9 Å². The van der Waals surface area contributed by atoms with Crippen LogP contribution in [-0.4, -0.2) is 28.7 Å². The molecule has 0 radical (unpaired) electrons. The largest absolute Gasteiger partial charge is 0.395 e. The Bertz CT molecular complexity index is 309. The van der Waals surface area contributed by atoms with Gasteiger partial charge in [-0.15, -0.1) is 0 Å². The molecule has 1 aromatic heterocycles. The number of nitrogens with zero attached hydrogens (tertiary/aromatic N) is 2. The van der Waals surface area contributed by atoms with E-state index in [0.29, 0.717) is 18.4 Å². The zero-order valence-corrected chi connectivity index (χ0v) is 9.54. The first-order chi connectivity index (χ1) is 7.31. The van der Waals surface area contributed by atoms with Crippen molar-refractivity contribution in [2.75, 3.05) is 23.8 Å². The minimum Gasteiger partial charge on any atom is -0.395 e. The number of aromatic nitrogens is 1.